The Morgan fingerprint density at radius 1 is 1.24 bits per heavy atom. The van der Waals surface area contributed by atoms with Gasteiger partial charge in [0.25, 0.3) is 0 Å². The third-order valence-electron chi connectivity index (χ3n) is 3.75. The van der Waals surface area contributed by atoms with Crippen LogP contribution in [0, 0.1) is 0 Å². The molecule has 0 aromatic heterocycles. The van der Waals surface area contributed by atoms with Crippen LogP contribution in [0.15, 0.2) is 18.2 Å². The van der Waals surface area contributed by atoms with E-state index in [1.165, 1.54) is 12.8 Å². The Hall–Kier alpha value is -1.71. The molecule has 0 bridgehead atoms. The van der Waals surface area contributed by atoms with Crippen molar-refractivity contribution in [3.05, 3.63) is 23.8 Å². The summed E-state index contributed by atoms with van der Waals surface area (Å²) in [7, 11) is 0. The molecule has 1 aromatic carbocycles. The number of carboxylic acids is 1. The van der Waals surface area contributed by atoms with E-state index in [-0.39, 0.29) is 11.7 Å². The highest BCUT2D eigenvalue weighted by Gasteiger charge is 2.18. The van der Waals surface area contributed by atoms with Gasteiger partial charge in [-0.2, -0.15) is 0 Å². The van der Waals surface area contributed by atoms with E-state index in [2.05, 4.69) is 0 Å². The van der Waals surface area contributed by atoms with Gasteiger partial charge in [-0.05, 0) is 44.2 Å². The Morgan fingerprint density at radius 3 is 2.57 bits per heavy atom. The van der Waals surface area contributed by atoms with E-state index in [9.17, 15) is 9.90 Å². The second kappa shape index (κ2) is 7.91. The Morgan fingerprint density at radius 2 is 1.95 bits per heavy atom. The molecular weight excluding hydrogens is 268 g/mol. The van der Waals surface area contributed by atoms with Gasteiger partial charge in [0.15, 0.2) is 0 Å². The number of rotatable bonds is 6. The topological polar surface area (TPSA) is 55.8 Å². The number of benzene rings is 1. The molecule has 2 rings (SSSR count). The standard InChI is InChI=1S/C17H24O4/c1-2-11-20-14-9-10-15(17(18)19)16(12-14)21-13-7-5-3-4-6-8-13/h9-10,12-13H,2-8,11H2,1H3,(H,18,19). The van der Waals surface area contributed by atoms with Crippen LogP contribution < -0.4 is 9.47 Å². The molecule has 0 radical (unpaired) electrons. The van der Waals surface area contributed by atoms with Gasteiger partial charge < -0.3 is 14.6 Å². The molecule has 1 aliphatic carbocycles. The van der Waals surface area contributed by atoms with E-state index in [0.717, 1.165) is 32.1 Å². The fraction of sp³-hybridized carbons (Fsp3) is 0.588. The molecule has 116 valence electrons. The van der Waals surface area contributed by atoms with Crippen molar-refractivity contribution < 1.29 is 19.4 Å². The van der Waals surface area contributed by atoms with Crippen LogP contribution in [0.4, 0.5) is 0 Å². The molecular formula is C17H24O4. The van der Waals surface area contributed by atoms with Crippen molar-refractivity contribution >= 4 is 5.97 Å². The number of carbonyl (C=O) groups is 1. The Labute approximate surface area is 126 Å². The summed E-state index contributed by atoms with van der Waals surface area (Å²) in [4.78, 5) is 11.3. The number of hydrogen-bond donors (Lipinski definition) is 1. The van der Waals surface area contributed by atoms with Gasteiger partial charge in [0.1, 0.15) is 17.1 Å². The maximum Gasteiger partial charge on any atom is 0.339 e. The van der Waals surface area contributed by atoms with E-state index in [0.29, 0.717) is 18.1 Å². The van der Waals surface area contributed by atoms with Crippen LogP contribution in [-0.4, -0.2) is 23.8 Å². The summed E-state index contributed by atoms with van der Waals surface area (Å²) in [6, 6.07) is 4.97. The molecule has 0 amide bonds. The lowest BCUT2D eigenvalue weighted by Gasteiger charge is -2.19. The molecule has 1 fully saturated rings. The van der Waals surface area contributed by atoms with Crippen LogP contribution in [0.5, 0.6) is 11.5 Å². The first-order valence-corrected chi connectivity index (χ1v) is 7.87. The minimum Gasteiger partial charge on any atom is -0.493 e. The number of aromatic carboxylic acids is 1. The second-order valence-corrected chi connectivity index (χ2v) is 5.54. The van der Waals surface area contributed by atoms with Gasteiger partial charge in [0.2, 0.25) is 0 Å². The first kappa shape index (κ1) is 15.7. The van der Waals surface area contributed by atoms with Gasteiger partial charge in [-0.3, -0.25) is 0 Å². The number of carboxylic acid groups (broad SMARTS) is 1. The van der Waals surface area contributed by atoms with E-state index in [1.807, 2.05) is 6.92 Å². The third kappa shape index (κ3) is 4.66. The van der Waals surface area contributed by atoms with Crippen molar-refractivity contribution in [3.8, 4) is 11.5 Å². The summed E-state index contributed by atoms with van der Waals surface area (Å²) in [6.07, 6.45) is 7.82. The lowest BCUT2D eigenvalue weighted by molar-refractivity contribution is 0.0688. The van der Waals surface area contributed by atoms with Gasteiger partial charge >= 0.3 is 5.97 Å². The van der Waals surface area contributed by atoms with Crippen LogP contribution in [0.3, 0.4) is 0 Å². The van der Waals surface area contributed by atoms with Crippen LogP contribution in [0.1, 0.15) is 62.2 Å². The predicted molar refractivity (Wildman–Crippen MR) is 81.3 cm³/mol. The van der Waals surface area contributed by atoms with Gasteiger partial charge in [-0.1, -0.05) is 19.8 Å². The van der Waals surface area contributed by atoms with E-state index < -0.39 is 5.97 Å². The monoisotopic (exact) mass is 292 g/mol. The largest absolute Gasteiger partial charge is 0.493 e. The van der Waals surface area contributed by atoms with Gasteiger partial charge in [0.05, 0.1) is 12.7 Å². The quantitative estimate of drug-likeness (QED) is 0.795. The van der Waals surface area contributed by atoms with Crippen LogP contribution in [0.2, 0.25) is 0 Å². The number of ether oxygens (including phenoxy) is 2. The molecule has 1 saturated carbocycles. The smallest absolute Gasteiger partial charge is 0.339 e. The lowest BCUT2D eigenvalue weighted by Crippen LogP contribution is -2.17. The van der Waals surface area contributed by atoms with Gasteiger partial charge in [0, 0.05) is 6.07 Å². The fourth-order valence-electron chi connectivity index (χ4n) is 2.63. The van der Waals surface area contributed by atoms with E-state index in [1.54, 1.807) is 18.2 Å². The predicted octanol–water partition coefficient (Wildman–Crippen LogP) is 4.28. The highest BCUT2D eigenvalue weighted by Crippen LogP contribution is 2.29. The molecule has 0 spiro atoms. The third-order valence-corrected chi connectivity index (χ3v) is 3.75. The molecule has 1 N–H and O–H groups in total. The SMILES string of the molecule is CCCOc1ccc(C(=O)O)c(OC2CCCCCC2)c1. The van der Waals surface area contributed by atoms with Crippen molar-refractivity contribution in [3.63, 3.8) is 0 Å². The molecule has 1 aliphatic rings. The van der Waals surface area contributed by atoms with Crippen molar-refractivity contribution in [2.75, 3.05) is 6.61 Å². The summed E-state index contributed by atoms with van der Waals surface area (Å²) in [5.74, 6) is 0.147. The summed E-state index contributed by atoms with van der Waals surface area (Å²) >= 11 is 0. The average Bonchev–Trinajstić information content (AvgIpc) is 2.73. The van der Waals surface area contributed by atoms with E-state index in [4.69, 9.17) is 9.47 Å². The average molecular weight is 292 g/mol. The molecule has 0 aliphatic heterocycles. The summed E-state index contributed by atoms with van der Waals surface area (Å²) < 4.78 is 11.6. The van der Waals surface area contributed by atoms with Crippen LogP contribution in [0.25, 0.3) is 0 Å². The van der Waals surface area contributed by atoms with E-state index >= 15 is 0 Å². The van der Waals surface area contributed by atoms with Crippen molar-refractivity contribution in [2.24, 2.45) is 0 Å². The zero-order valence-corrected chi connectivity index (χ0v) is 12.6. The van der Waals surface area contributed by atoms with Crippen LogP contribution in [-0.2, 0) is 0 Å². The summed E-state index contributed by atoms with van der Waals surface area (Å²) in [5.41, 5.74) is 0.211. The zero-order valence-electron chi connectivity index (χ0n) is 12.6. The molecule has 0 atom stereocenters. The summed E-state index contributed by atoms with van der Waals surface area (Å²) in [5, 5.41) is 9.30. The molecule has 0 unspecified atom stereocenters. The van der Waals surface area contributed by atoms with Crippen molar-refractivity contribution in [1.82, 2.24) is 0 Å². The second-order valence-electron chi connectivity index (χ2n) is 5.54. The molecule has 1 aromatic rings. The first-order valence-electron chi connectivity index (χ1n) is 7.87. The highest BCUT2D eigenvalue weighted by atomic mass is 16.5. The Balaban J connectivity index is 2.14. The molecule has 21 heavy (non-hydrogen) atoms. The van der Waals surface area contributed by atoms with Crippen molar-refractivity contribution in [2.45, 2.75) is 58.0 Å². The van der Waals surface area contributed by atoms with Crippen LogP contribution >= 0.6 is 0 Å². The summed E-state index contributed by atoms with van der Waals surface area (Å²) in [6.45, 7) is 2.66. The highest BCUT2D eigenvalue weighted by molar-refractivity contribution is 5.91. The maximum atomic E-state index is 11.3. The normalized spacial score (nSPS) is 16.2. The van der Waals surface area contributed by atoms with Gasteiger partial charge in [-0.25, -0.2) is 4.79 Å². The maximum absolute atomic E-state index is 11.3. The Kier molecular flexibility index (Phi) is 5.90. The minimum absolute atomic E-state index is 0.118. The van der Waals surface area contributed by atoms with Crippen molar-refractivity contribution in [1.29, 1.82) is 0 Å². The van der Waals surface area contributed by atoms with Gasteiger partial charge in [-0.15, -0.1) is 0 Å². The molecule has 4 heteroatoms. The minimum atomic E-state index is -0.958. The first-order chi connectivity index (χ1) is 10.2. The Bertz CT molecular complexity index is 462. The lowest BCUT2D eigenvalue weighted by atomic mass is 10.1. The molecule has 4 nitrogen and oxygen atoms in total. The molecule has 0 heterocycles. The number of hydrogen-bond acceptors (Lipinski definition) is 3. The fourth-order valence-corrected chi connectivity index (χ4v) is 2.63. The zero-order chi connectivity index (χ0) is 15.1. The molecule has 0 saturated heterocycles.